The van der Waals surface area contributed by atoms with Gasteiger partial charge >= 0.3 is 12.1 Å². The Morgan fingerprint density at radius 1 is 1.15 bits per heavy atom. The fourth-order valence-corrected chi connectivity index (χ4v) is 3.34. The van der Waals surface area contributed by atoms with Crippen LogP contribution in [0.2, 0.25) is 0 Å². The lowest BCUT2D eigenvalue weighted by Crippen LogP contribution is -2.16. The monoisotopic (exact) mass is 405 g/mol. The first-order chi connectivity index (χ1) is 12.4. The molecule has 2 aromatic carbocycles. The summed E-state index contributed by atoms with van der Waals surface area (Å²) < 4.78 is 78.2. The van der Waals surface area contributed by atoms with Crippen molar-refractivity contribution in [3.63, 3.8) is 0 Å². The number of carboxylic acid groups (broad SMARTS) is 1. The van der Waals surface area contributed by atoms with Crippen LogP contribution in [-0.2, 0) is 27.4 Å². The summed E-state index contributed by atoms with van der Waals surface area (Å²) in [6.45, 7) is 1.52. The van der Waals surface area contributed by atoms with Crippen molar-refractivity contribution in [1.82, 2.24) is 0 Å². The lowest BCUT2D eigenvalue weighted by molar-refractivity contribution is -0.141. The molecule has 2 aromatic rings. The quantitative estimate of drug-likeness (QED) is 0.714. The van der Waals surface area contributed by atoms with Gasteiger partial charge in [0.15, 0.2) is 0 Å². The van der Waals surface area contributed by atoms with E-state index in [1.807, 2.05) is 0 Å². The summed E-state index contributed by atoms with van der Waals surface area (Å²) in [4.78, 5) is 10.1. The minimum atomic E-state index is -5.03. The lowest BCUT2D eigenvalue weighted by atomic mass is 10.0. The van der Waals surface area contributed by atoms with E-state index < -0.39 is 44.4 Å². The highest BCUT2D eigenvalue weighted by atomic mass is 32.2. The van der Waals surface area contributed by atoms with Crippen LogP contribution in [0.5, 0.6) is 0 Å². The summed E-state index contributed by atoms with van der Waals surface area (Å²) in [7, 11) is -4.37. The van der Waals surface area contributed by atoms with Crippen molar-refractivity contribution in [2.24, 2.45) is 5.92 Å². The molecule has 0 aromatic heterocycles. The van der Waals surface area contributed by atoms with Crippen molar-refractivity contribution in [2.75, 3.05) is 4.72 Å². The van der Waals surface area contributed by atoms with Gasteiger partial charge in [-0.3, -0.25) is 9.52 Å². The molecule has 27 heavy (non-hydrogen) atoms. The molecule has 0 heterocycles. The second kappa shape index (κ2) is 7.55. The number of carboxylic acids is 1. The number of hydrogen-bond acceptors (Lipinski definition) is 3. The molecule has 0 saturated carbocycles. The highest BCUT2D eigenvalue weighted by Gasteiger charge is 2.35. The van der Waals surface area contributed by atoms with Crippen LogP contribution in [0.3, 0.4) is 0 Å². The summed E-state index contributed by atoms with van der Waals surface area (Å²) in [5.41, 5.74) is -0.961. The summed E-state index contributed by atoms with van der Waals surface area (Å²) >= 11 is 0. The molecule has 1 atom stereocenters. The maximum absolute atomic E-state index is 13.3. The molecule has 2 N–H and O–H groups in total. The third-order valence-corrected chi connectivity index (χ3v) is 5.10. The molecule has 0 fully saturated rings. The van der Waals surface area contributed by atoms with Crippen molar-refractivity contribution in [1.29, 1.82) is 0 Å². The zero-order valence-electron chi connectivity index (χ0n) is 13.9. The van der Waals surface area contributed by atoms with E-state index in [4.69, 9.17) is 5.11 Å². The number of sulfonamides is 1. The number of rotatable bonds is 6. The van der Waals surface area contributed by atoms with E-state index in [1.165, 1.54) is 31.2 Å². The van der Waals surface area contributed by atoms with Gasteiger partial charge in [-0.25, -0.2) is 12.8 Å². The number of benzene rings is 2. The predicted molar refractivity (Wildman–Crippen MR) is 89.2 cm³/mol. The fraction of sp³-hybridized carbons (Fsp3) is 0.235. The van der Waals surface area contributed by atoms with Crippen LogP contribution in [-0.4, -0.2) is 19.5 Å². The Balaban J connectivity index is 2.23. The van der Waals surface area contributed by atoms with Crippen LogP contribution in [0.25, 0.3) is 0 Å². The summed E-state index contributed by atoms with van der Waals surface area (Å²) in [5.74, 6) is -3.18. The molecule has 10 heteroatoms. The van der Waals surface area contributed by atoms with Crippen LogP contribution in [0.15, 0.2) is 47.4 Å². The van der Waals surface area contributed by atoms with Gasteiger partial charge < -0.3 is 5.11 Å². The molecule has 0 aliphatic rings. The molecule has 0 unspecified atom stereocenters. The number of halogens is 4. The molecule has 0 bridgehead atoms. The average Bonchev–Trinajstić information content (AvgIpc) is 2.55. The zero-order valence-corrected chi connectivity index (χ0v) is 14.7. The van der Waals surface area contributed by atoms with Crippen LogP contribution >= 0.6 is 0 Å². The molecule has 0 spiro atoms. The first kappa shape index (κ1) is 20.7. The average molecular weight is 405 g/mol. The largest absolute Gasteiger partial charge is 0.481 e. The summed E-state index contributed by atoms with van der Waals surface area (Å²) in [6, 6.07) is 7.11. The molecule has 5 nitrogen and oxygen atoms in total. The van der Waals surface area contributed by atoms with Crippen LogP contribution < -0.4 is 4.72 Å². The van der Waals surface area contributed by atoms with E-state index >= 15 is 0 Å². The highest BCUT2D eigenvalue weighted by Crippen LogP contribution is 2.33. The molecule has 0 radical (unpaired) electrons. The van der Waals surface area contributed by atoms with E-state index in [-0.39, 0.29) is 18.2 Å². The third kappa shape index (κ3) is 5.19. The predicted octanol–water partition coefficient (Wildman–Crippen LogP) is 3.91. The van der Waals surface area contributed by atoms with E-state index in [0.29, 0.717) is 11.6 Å². The minimum absolute atomic E-state index is 0.0691. The first-order valence-electron chi connectivity index (χ1n) is 7.61. The third-order valence-electron chi connectivity index (χ3n) is 3.72. The smallest absolute Gasteiger partial charge is 0.419 e. The van der Waals surface area contributed by atoms with E-state index in [9.17, 15) is 30.8 Å². The van der Waals surface area contributed by atoms with Crippen molar-refractivity contribution in [3.05, 3.63) is 59.4 Å². The van der Waals surface area contributed by atoms with Crippen LogP contribution in [0.4, 0.5) is 23.2 Å². The lowest BCUT2D eigenvalue weighted by Gasteiger charge is -2.12. The second-order valence-corrected chi connectivity index (χ2v) is 7.57. The topological polar surface area (TPSA) is 83.5 Å². The van der Waals surface area contributed by atoms with Gasteiger partial charge in [0.2, 0.25) is 0 Å². The Kier molecular flexibility index (Phi) is 5.79. The van der Waals surface area contributed by atoms with Crippen LogP contribution in [0.1, 0.15) is 18.1 Å². The van der Waals surface area contributed by atoms with Crippen molar-refractivity contribution >= 4 is 21.7 Å². The van der Waals surface area contributed by atoms with Crippen molar-refractivity contribution in [2.45, 2.75) is 24.4 Å². The van der Waals surface area contributed by atoms with Crippen molar-refractivity contribution in [3.8, 4) is 0 Å². The van der Waals surface area contributed by atoms with Gasteiger partial charge in [-0.05, 0) is 42.3 Å². The molecule has 0 aliphatic carbocycles. The number of alkyl halides is 3. The molecule has 0 amide bonds. The molecular formula is C17H15F4NO4S. The van der Waals surface area contributed by atoms with Gasteiger partial charge in [0.05, 0.1) is 16.4 Å². The molecule has 0 aliphatic heterocycles. The number of hydrogen-bond donors (Lipinski definition) is 2. The first-order valence-corrected chi connectivity index (χ1v) is 9.10. The van der Waals surface area contributed by atoms with E-state index in [2.05, 4.69) is 4.72 Å². The second-order valence-electron chi connectivity index (χ2n) is 5.89. The highest BCUT2D eigenvalue weighted by molar-refractivity contribution is 7.92. The molecule has 146 valence electrons. The fourth-order valence-electron chi connectivity index (χ4n) is 2.25. The van der Waals surface area contributed by atoms with Gasteiger partial charge in [-0.2, -0.15) is 13.2 Å². The Labute approximate surface area is 152 Å². The molecule has 0 saturated heterocycles. The Morgan fingerprint density at radius 3 is 2.26 bits per heavy atom. The molecule has 2 rings (SSSR count). The van der Waals surface area contributed by atoms with Crippen LogP contribution in [0, 0.1) is 11.7 Å². The summed E-state index contributed by atoms with van der Waals surface area (Å²) in [6.07, 6.45) is -4.80. The van der Waals surface area contributed by atoms with Gasteiger partial charge in [-0.15, -0.1) is 0 Å². The van der Waals surface area contributed by atoms with E-state index in [1.54, 1.807) is 0 Å². The summed E-state index contributed by atoms with van der Waals surface area (Å²) in [5, 5.41) is 8.88. The Morgan fingerprint density at radius 2 is 1.74 bits per heavy atom. The number of nitrogens with one attached hydrogen (secondary N) is 1. The number of anilines is 1. The van der Waals surface area contributed by atoms with E-state index in [0.717, 1.165) is 6.07 Å². The Bertz CT molecular complexity index is 940. The van der Waals surface area contributed by atoms with Gasteiger partial charge in [-0.1, -0.05) is 19.1 Å². The maximum atomic E-state index is 13.3. The minimum Gasteiger partial charge on any atom is -0.481 e. The Hall–Kier alpha value is -2.62. The zero-order chi connectivity index (χ0) is 20.4. The van der Waals surface area contributed by atoms with Gasteiger partial charge in [0, 0.05) is 5.69 Å². The standard InChI is InChI=1S/C17H15F4NO4S/c1-10(16(23)24)8-11-2-4-12(5-3-11)22-27(25,26)13-6-7-15(18)14(9-13)17(19,20)21/h2-7,9-10,22H,8H2,1H3,(H,23,24)/t10-/m1/s1. The normalized spacial score (nSPS) is 13.2. The van der Waals surface area contributed by atoms with Gasteiger partial charge in [0.25, 0.3) is 10.0 Å². The van der Waals surface area contributed by atoms with Gasteiger partial charge in [0.1, 0.15) is 5.82 Å². The number of carbonyl (C=O) groups is 1. The van der Waals surface area contributed by atoms with Crippen molar-refractivity contribution < 1.29 is 35.9 Å². The molecular weight excluding hydrogens is 390 g/mol. The SMILES string of the molecule is C[C@H](Cc1ccc(NS(=O)(=O)c2ccc(F)c(C(F)(F)F)c2)cc1)C(=O)O. The number of aliphatic carboxylic acids is 1. The maximum Gasteiger partial charge on any atom is 0.419 e.